The molecule has 4 rings (SSSR count). The molecule has 2 aromatic carbocycles. The third-order valence-electron chi connectivity index (χ3n) is 4.80. The summed E-state index contributed by atoms with van der Waals surface area (Å²) in [4.78, 5) is 0. The van der Waals surface area contributed by atoms with Crippen LogP contribution in [0.15, 0.2) is 48.5 Å². The van der Waals surface area contributed by atoms with Crippen LogP contribution in [0.1, 0.15) is 29.8 Å². The maximum absolute atomic E-state index is 13.3. The Morgan fingerprint density at radius 2 is 1.64 bits per heavy atom. The summed E-state index contributed by atoms with van der Waals surface area (Å²) in [6.45, 7) is 3.72. The SMILES string of the molecule is CC(c1ccc(F)cc1)n1nc(-c2ccc(F)cc2)c2c1CCNC2. The lowest BCUT2D eigenvalue weighted by Crippen LogP contribution is -2.25. The Hall–Kier alpha value is -2.53. The number of halogens is 2. The van der Waals surface area contributed by atoms with Crippen LogP contribution in [0.25, 0.3) is 11.3 Å². The predicted molar refractivity (Wildman–Crippen MR) is 93.2 cm³/mol. The van der Waals surface area contributed by atoms with Crippen LogP contribution in [0.3, 0.4) is 0 Å². The van der Waals surface area contributed by atoms with E-state index in [0.29, 0.717) is 0 Å². The summed E-state index contributed by atoms with van der Waals surface area (Å²) in [6, 6.07) is 13.0. The molecule has 1 aromatic heterocycles. The van der Waals surface area contributed by atoms with E-state index in [-0.39, 0.29) is 17.7 Å². The number of nitrogens with one attached hydrogen (secondary N) is 1. The molecule has 1 aliphatic heterocycles. The van der Waals surface area contributed by atoms with Crippen molar-refractivity contribution in [2.45, 2.75) is 25.9 Å². The van der Waals surface area contributed by atoms with Gasteiger partial charge in [0.2, 0.25) is 0 Å². The highest BCUT2D eigenvalue weighted by Gasteiger charge is 2.24. The van der Waals surface area contributed by atoms with Crippen LogP contribution in [0.5, 0.6) is 0 Å². The summed E-state index contributed by atoms with van der Waals surface area (Å²) in [5.74, 6) is -0.496. The van der Waals surface area contributed by atoms with Gasteiger partial charge in [-0.05, 0) is 48.9 Å². The number of benzene rings is 2. The molecule has 0 spiro atoms. The summed E-state index contributed by atoms with van der Waals surface area (Å²) in [6.07, 6.45) is 0.884. The zero-order valence-corrected chi connectivity index (χ0v) is 14.0. The number of nitrogens with zero attached hydrogens (tertiary/aromatic N) is 2. The van der Waals surface area contributed by atoms with Crippen molar-refractivity contribution in [1.29, 1.82) is 0 Å². The lowest BCUT2D eigenvalue weighted by Gasteiger charge is -2.20. The van der Waals surface area contributed by atoms with Gasteiger partial charge in [-0.2, -0.15) is 5.10 Å². The van der Waals surface area contributed by atoms with Gasteiger partial charge >= 0.3 is 0 Å². The van der Waals surface area contributed by atoms with Crippen LogP contribution < -0.4 is 5.32 Å². The summed E-state index contributed by atoms with van der Waals surface area (Å²) in [5, 5.41) is 8.24. The molecule has 5 heteroatoms. The smallest absolute Gasteiger partial charge is 0.123 e. The number of fused-ring (bicyclic) bond motifs is 1. The van der Waals surface area contributed by atoms with E-state index in [1.807, 2.05) is 4.68 Å². The molecule has 0 saturated heterocycles. The minimum Gasteiger partial charge on any atom is -0.312 e. The second kappa shape index (κ2) is 6.41. The van der Waals surface area contributed by atoms with Crippen LogP contribution >= 0.6 is 0 Å². The van der Waals surface area contributed by atoms with Crippen molar-refractivity contribution in [3.8, 4) is 11.3 Å². The molecule has 1 N–H and O–H groups in total. The summed E-state index contributed by atoms with van der Waals surface area (Å²) in [5.41, 5.74) is 5.15. The molecule has 2 heterocycles. The van der Waals surface area contributed by atoms with Crippen molar-refractivity contribution in [2.75, 3.05) is 6.54 Å². The molecule has 1 aliphatic rings. The van der Waals surface area contributed by atoms with E-state index < -0.39 is 0 Å². The van der Waals surface area contributed by atoms with E-state index in [9.17, 15) is 8.78 Å². The average molecular weight is 339 g/mol. The monoisotopic (exact) mass is 339 g/mol. The Labute approximate surface area is 145 Å². The molecular weight excluding hydrogens is 320 g/mol. The summed E-state index contributed by atoms with van der Waals surface area (Å²) in [7, 11) is 0. The third kappa shape index (κ3) is 2.96. The van der Waals surface area contributed by atoms with Gasteiger partial charge in [0, 0.05) is 36.3 Å². The maximum Gasteiger partial charge on any atom is 0.123 e. The third-order valence-corrected chi connectivity index (χ3v) is 4.80. The van der Waals surface area contributed by atoms with Crippen molar-refractivity contribution in [3.63, 3.8) is 0 Å². The fourth-order valence-corrected chi connectivity index (χ4v) is 3.42. The first kappa shape index (κ1) is 16.0. The standard InChI is InChI=1S/C20H19F2N3/c1-13(14-2-6-16(21)7-3-14)25-19-10-11-23-12-18(19)20(24-25)15-4-8-17(22)9-5-15/h2-9,13,23H,10-12H2,1H3. The maximum atomic E-state index is 13.3. The van der Waals surface area contributed by atoms with E-state index in [0.717, 1.165) is 41.9 Å². The van der Waals surface area contributed by atoms with Crippen molar-refractivity contribution in [1.82, 2.24) is 15.1 Å². The molecule has 128 valence electrons. The molecular formula is C20H19F2N3. The van der Waals surface area contributed by atoms with Crippen molar-refractivity contribution in [2.24, 2.45) is 0 Å². The molecule has 1 unspecified atom stereocenters. The minimum atomic E-state index is -0.255. The lowest BCUT2D eigenvalue weighted by atomic mass is 10.0. The predicted octanol–water partition coefficient (Wildman–Crippen LogP) is 4.08. The van der Waals surface area contributed by atoms with E-state index in [1.165, 1.54) is 30.0 Å². The summed E-state index contributed by atoms with van der Waals surface area (Å²) < 4.78 is 28.5. The Balaban J connectivity index is 1.80. The first-order valence-electron chi connectivity index (χ1n) is 8.46. The van der Waals surface area contributed by atoms with Gasteiger partial charge in [-0.1, -0.05) is 12.1 Å². The largest absolute Gasteiger partial charge is 0.312 e. The van der Waals surface area contributed by atoms with Gasteiger partial charge in [-0.25, -0.2) is 8.78 Å². The molecule has 0 fully saturated rings. The van der Waals surface area contributed by atoms with E-state index in [2.05, 4.69) is 12.2 Å². The van der Waals surface area contributed by atoms with Crippen LogP contribution in [0, 0.1) is 11.6 Å². The normalized spacial score (nSPS) is 15.0. The molecule has 1 atom stereocenters. The van der Waals surface area contributed by atoms with E-state index in [1.54, 1.807) is 24.3 Å². The van der Waals surface area contributed by atoms with Crippen molar-refractivity contribution < 1.29 is 8.78 Å². The molecule has 25 heavy (non-hydrogen) atoms. The average Bonchev–Trinajstić information content (AvgIpc) is 3.02. The Kier molecular flexibility index (Phi) is 4.09. The highest BCUT2D eigenvalue weighted by atomic mass is 19.1. The topological polar surface area (TPSA) is 29.9 Å². The number of hydrogen-bond acceptors (Lipinski definition) is 2. The fraction of sp³-hybridized carbons (Fsp3) is 0.250. The molecule has 0 bridgehead atoms. The van der Waals surface area contributed by atoms with Crippen LogP contribution in [-0.4, -0.2) is 16.3 Å². The van der Waals surface area contributed by atoms with Crippen molar-refractivity contribution >= 4 is 0 Å². The first-order chi connectivity index (χ1) is 12.1. The number of hydrogen-bond donors (Lipinski definition) is 1. The fourth-order valence-electron chi connectivity index (χ4n) is 3.42. The van der Waals surface area contributed by atoms with Crippen LogP contribution in [0.2, 0.25) is 0 Å². The zero-order chi connectivity index (χ0) is 17.4. The van der Waals surface area contributed by atoms with Gasteiger partial charge in [0.15, 0.2) is 0 Å². The number of aromatic nitrogens is 2. The molecule has 3 nitrogen and oxygen atoms in total. The van der Waals surface area contributed by atoms with E-state index in [4.69, 9.17) is 5.10 Å². The molecule has 0 aliphatic carbocycles. The first-order valence-corrected chi connectivity index (χ1v) is 8.46. The number of rotatable bonds is 3. The minimum absolute atomic E-state index is 0.00153. The molecule has 0 amide bonds. The summed E-state index contributed by atoms with van der Waals surface area (Å²) >= 11 is 0. The Morgan fingerprint density at radius 3 is 2.32 bits per heavy atom. The van der Waals surface area contributed by atoms with Gasteiger partial charge in [0.05, 0.1) is 11.7 Å². The van der Waals surface area contributed by atoms with Gasteiger partial charge in [0.25, 0.3) is 0 Å². The molecule has 3 aromatic rings. The van der Waals surface area contributed by atoms with Gasteiger partial charge in [0.1, 0.15) is 11.6 Å². The van der Waals surface area contributed by atoms with E-state index >= 15 is 0 Å². The van der Waals surface area contributed by atoms with Gasteiger partial charge in [-0.3, -0.25) is 4.68 Å². The van der Waals surface area contributed by atoms with Gasteiger partial charge < -0.3 is 5.32 Å². The van der Waals surface area contributed by atoms with Crippen LogP contribution in [0.4, 0.5) is 8.78 Å². The van der Waals surface area contributed by atoms with Crippen LogP contribution in [-0.2, 0) is 13.0 Å². The van der Waals surface area contributed by atoms with Gasteiger partial charge in [-0.15, -0.1) is 0 Å². The lowest BCUT2D eigenvalue weighted by molar-refractivity contribution is 0.516. The zero-order valence-electron chi connectivity index (χ0n) is 14.0. The highest BCUT2D eigenvalue weighted by Crippen LogP contribution is 2.31. The second-order valence-corrected chi connectivity index (χ2v) is 6.38. The second-order valence-electron chi connectivity index (χ2n) is 6.38. The quantitative estimate of drug-likeness (QED) is 0.779. The Bertz CT molecular complexity index is 883. The highest BCUT2D eigenvalue weighted by molar-refractivity contribution is 5.64. The molecule has 0 radical (unpaired) electrons. The van der Waals surface area contributed by atoms with Crippen molar-refractivity contribution in [3.05, 3.63) is 77.0 Å². The Morgan fingerprint density at radius 1 is 1.00 bits per heavy atom. The molecule has 0 saturated carbocycles.